The molecule has 2 nitrogen and oxygen atoms in total. The zero-order valence-electron chi connectivity index (χ0n) is 10.0. The first kappa shape index (κ1) is 13.3. The molecule has 0 aromatic carbocycles. The summed E-state index contributed by atoms with van der Waals surface area (Å²) in [6, 6.07) is 0. The van der Waals surface area contributed by atoms with E-state index in [4.69, 9.17) is 16.3 Å². The molecule has 2 unspecified atom stereocenters. The third-order valence-corrected chi connectivity index (χ3v) is 3.29. The predicted octanol–water partition coefficient (Wildman–Crippen LogP) is 2.75. The van der Waals surface area contributed by atoms with Crippen LogP contribution in [0.1, 0.15) is 33.1 Å². The van der Waals surface area contributed by atoms with E-state index in [0.29, 0.717) is 6.10 Å². The third-order valence-electron chi connectivity index (χ3n) is 3.08. The Kier molecular flexibility index (Phi) is 6.62. The minimum atomic E-state index is 0.399. The zero-order valence-corrected chi connectivity index (χ0v) is 10.8. The maximum absolute atomic E-state index is 5.73. The van der Waals surface area contributed by atoms with E-state index in [1.807, 2.05) is 0 Å². The molecule has 15 heavy (non-hydrogen) atoms. The predicted molar refractivity (Wildman–Crippen MR) is 65.6 cm³/mol. The van der Waals surface area contributed by atoms with Gasteiger partial charge in [-0.25, -0.2) is 0 Å². The number of rotatable bonds is 5. The molecular formula is C12H24ClNO. The van der Waals surface area contributed by atoms with E-state index < -0.39 is 0 Å². The van der Waals surface area contributed by atoms with Gasteiger partial charge in [0, 0.05) is 25.6 Å². The zero-order chi connectivity index (χ0) is 11.1. The molecule has 1 fully saturated rings. The number of hydrogen-bond acceptors (Lipinski definition) is 2. The van der Waals surface area contributed by atoms with Gasteiger partial charge in [0.2, 0.25) is 0 Å². The van der Waals surface area contributed by atoms with Crippen LogP contribution in [0.3, 0.4) is 0 Å². The summed E-state index contributed by atoms with van der Waals surface area (Å²) in [5.74, 6) is 1.54. The van der Waals surface area contributed by atoms with Gasteiger partial charge in [-0.3, -0.25) is 0 Å². The van der Waals surface area contributed by atoms with Gasteiger partial charge in [-0.1, -0.05) is 6.92 Å². The topological polar surface area (TPSA) is 12.5 Å². The lowest BCUT2D eigenvalue weighted by molar-refractivity contribution is 0.0670. The van der Waals surface area contributed by atoms with Crippen molar-refractivity contribution in [2.75, 3.05) is 32.1 Å². The fourth-order valence-corrected chi connectivity index (χ4v) is 2.39. The van der Waals surface area contributed by atoms with Gasteiger partial charge in [-0.2, -0.15) is 0 Å². The Balaban J connectivity index is 2.18. The Morgan fingerprint density at radius 2 is 2.27 bits per heavy atom. The summed E-state index contributed by atoms with van der Waals surface area (Å²) in [7, 11) is 0. The maximum atomic E-state index is 5.73. The summed E-state index contributed by atoms with van der Waals surface area (Å²) in [4.78, 5) is 2.53. The average molecular weight is 234 g/mol. The Bertz CT molecular complexity index is 166. The van der Waals surface area contributed by atoms with Crippen LogP contribution >= 0.6 is 11.6 Å². The van der Waals surface area contributed by atoms with Gasteiger partial charge in [0.1, 0.15) is 0 Å². The van der Waals surface area contributed by atoms with Gasteiger partial charge in [0.05, 0.1) is 6.10 Å². The molecular weight excluding hydrogens is 210 g/mol. The van der Waals surface area contributed by atoms with Crippen LogP contribution in [0.15, 0.2) is 0 Å². The van der Waals surface area contributed by atoms with E-state index in [1.54, 1.807) is 0 Å². The van der Waals surface area contributed by atoms with Crippen molar-refractivity contribution in [1.29, 1.82) is 0 Å². The molecule has 1 rings (SSSR count). The van der Waals surface area contributed by atoms with Crippen LogP contribution in [-0.4, -0.2) is 43.1 Å². The Morgan fingerprint density at radius 3 is 3.00 bits per heavy atom. The highest BCUT2D eigenvalue weighted by Crippen LogP contribution is 2.12. The van der Waals surface area contributed by atoms with E-state index in [9.17, 15) is 0 Å². The maximum Gasteiger partial charge on any atom is 0.0673 e. The molecule has 0 bridgehead atoms. The highest BCUT2D eigenvalue weighted by molar-refractivity contribution is 6.17. The first-order chi connectivity index (χ1) is 7.22. The lowest BCUT2D eigenvalue weighted by atomic mass is 10.0. The van der Waals surface area contributed by atoms with E-state index >= 15 is 0 Å². The molecule has 2 atom stereocenters. The van der Waals surface area contributed by atoms with Gasteiger partial charge in [-0.15, -0.1) is 11.6 Å². The van der Waals surface area contributed by atoms with Crippen molar-refractivity contribution in [2.24, 2.45) is 5.92 Å². The van der Waals surface area contributed by atoms with Crippen LogP contribution < -0.4 is 0 Å². The van der Waals surface area contributed by atoms with Gasteiger partial charge in [0.25, 0.3) is 0 Å². The van der Waals surface area contributed by atoms with Crippen molar-refractivity contribution in [3.05, 3.63) is 0 Å². The molecule has 1 aliphatic rings. The van der Waals surface area contributed by atoms with Crippen molar-refractivity contribution in [3.8, 4) is 0 Å². The van der Waals surface area contributed by atoms with Crippen LogP contribution in [0.25, 0.3) is 0 Å². The van der Waals surface area contributed by atoms with E-state index in [0.717, 1.165) is 31.4 Å². The molecule has 0 aliphatic carbocycles. The molecule has 1 saturated heterocycles. The summed E-state index contributed by atoms with van der Waals surface area (Å²) in [5.41, 5.74) is 0. The average Bonchev–Trinajstić information content (AvgIpc) is 2.40. The van der Waals surface area contributed by atoms with E-state index in [-0.39, 0.29) is 0 Å². The first-order valence-corrected chi connectivity index (χ1v) is 6.65. The number of halogens is 1. The van der Waals surface area contributed by atoms with Crippen molar-refractivity contribution in [3.63, 3.8) is 0 Å². The fraction of sp³-hybridized carbons (Fsp3) is 1.00. The Morgan fingerprint density at radius 1 is 1.47 bits per heavy atom. The van der Waals surface area contributed by atoms with Gasteiger partial charge < -0.3 is 9.64 Å². The second-order valence-corrected chi connectivity index (χ2v) is 5.09. The number of nitrogens with zero attached hydrogens (tertiary/aromatic N) is 1. The molecule has 3 heteroatoms. The molecule has 0 aromatic heterocycles. The third kappa shape index (κ3) is 5.74. The molecule has 0 aromatic rings. The highest BCUT2D eigenvalue weighted by atomic mass is 35.5. The number of alkyl halides is 1. The fourth-order valence-electron chi connectivity index (χ4n) is 2.02. The molecule has 0 radical (unpaired) electrons. The second kappa shape index (κ2) is 7.48. The summed E-state index contributed by atoms with van der Waals surface area (Å²) in [5, 5.41) is 0. The molecule has 1 heterocycles. The van der Waals surface area contributed by atoms with Gasteiger partial charge in [0.15, 0.2) is 0 Å². The number of ether oxygens (including phenoxy) is 1. The van der Waals surface area contributed by atoms with Crippen molar-refractivity contribution >= 4 is 11.6 Å². The summed E-state index contributed by atoms with van der Waals surface area (Å²) < 4.78 is 5.62. The minimum Gasteiger partial charge on any atom is -0.377 e. The quantitative estimate of drug-likeness (QED) is 0.678. The second-order valence-electron chi connectivity index (χ2n) is 4.71. The molecule has 0 spiro atoms. The molecule has 90 valence electrons. The van der Waals surface area contributed by atoms with E-state index in [2.05, 4.69) is 18.7 Å². The SMILES string of the molecule is CC(CCCl)CCN1CCCOC(C)C1. The van der Waals surface area contributed by atoms with Crippen molar-refractivity contribution in [2.45, 2.75) is 39.2 Å². The van der Waals surface area contributed by atoms with Crippen LogP contribution in [0.4, 0.5) is 0 Å². The van der Waals surface area contributed by atoms with Gasteiger partial charge in [-0.05, 0) is 38.6 Å². The summed E-state index contributed by atoms with van der Waals surface area (Å²) in [6.45, 7) is 8.87. The summed E-state index contributed by atoms with van der Waals surface area (Å²) in [6.07, 6.45) is 3.98. The Hall–Kier alpha value is 0.210. The minimum absolute atomic E-state index is 0.399. The molecule has 0 saturated carbocycles. The van der Waals surface area contributed by atoms with Crippen molar-refractivity contribution < 1.29 is 4.74 Å². The van der Waals surface area contributed by atoms with Crippen LogP contribution in [0.2, 0.25) is 0 Å². The molecule has 1 aliphatic heterocycles. The Labute approximate surface area is 98.9 Å². The highest BCUT2D eigenvalue weighted by Gasteiger charge is 2.15. The van der Waals surface area contributed by atoms with Gasteiger partial charge >= 0.3 is 0 Å². The number of hydrogen-bond donors (Lipinski definition) is 0. The smallest absolute Gasteiger partial charge is 0.0673 e. The standard InChI is InChI=1S/C12H24ClNO/c1-11(4-6-13)5-8-14-7-3-9-15-12(2)10-14/h11-12H,3-10H2,1-2H3. The first-order valence-electron chi connectivity index (χ1n) is 6.12. The van der Waals surface area contributed by atoms with Crippen LogP contribution in [0.5, 0.6) is 0 Å². The molecule has 0 amide bonds. The summed E-state index contributed by atoms with van der Waals surface area (Å²) >= 11 is 5.73. The lowest BCUT2D eigenvalue weighted by Gasteiger charge is -2.23. The van der Waals surface area contributed by atoms with Crippen molar-refractivity contribution in [1.82, 2.24) is 4.90 Å². The van der Waals surface area contributed by atoms with Crippen LogP contribution in [0, 0.1) is 5.92 Å². The van der Waals surface area contributed by atoms with E-state index in [1.165, 1.54) is 25.9 Å². The normalized spacial score (nSPS) is 26.2. The largest absolute Gasteiger partial charge is 0.377 e. The monoisotopic (exact) mass is 233 g/mol. The lowest BCUT2D eigenvalue weighted by Crippen LogP contribution is -2.31. The van der Waals surface area contributed by atoms with Crippen LogP contribution in [-0.2, 0) is 4.74 Å². The molecule has 0 N–H and O–H groups in total.